The molecule has 0 heterocycles. The summed E-state index contributed by atoms with van der Waals surface area (Å²) in [6, 6.07) is 6.36. The van der Waals surface area contributed by atoms with Crippen molar-refractivity contribution in [3.05, 3.63) is 34.9 Å². The highest BCUT2D eigenvalue weighted by Crippen LogP contribution is 2.24. The zero-order valence-electron chi connectivity index (χ0n) is 10.8. The van der Waals surface area contributed by atoms with Crippen LogP contribution < -0.4 is 0 Å². The zero-order valence-corrected chi connectivity index (χ0v) is 11.6. The lowest BCUT2D eigenvalue weighted by molar-refractivity contribution is 0.325. The lowest BCUT2D eigenvalue weighted by Gasteiger charge is -2.12. The van der Waals surface area contributed by atoms with Gasteiger partial charge in [0.1, 0.15) is 0 Å². The first-order valence-electron chi connectivity index (χ1n) is 6.50. The smallest absolute Gasteiger partial charge is 0.264 e. The van der Waals surface area contributed by atoms with Crippen LogP contribution in [0.1, 0.15) is 36.0 Å². The third-order valence-corrected chi connectivity index (χ3v) is 4.01. The maximum atomic E-state index is 10.9. The average molecular weight is 268 g/mol. The quantitative estimate of drug-likeness (QED) is 0.622. The topological polar surface area (TPSA) is 43.4 Å². The van der Waals surface area contributed by atoms with Crippen LogP contribution in [0.3, 0.4) is 0 Å². The fraction of sp³-hybridized carbons (Fsp3) is 0.571. The molecule has 1 aliphatic rings. The van der Waals surface area contributed by atoms with Crippen LogP contribution in [0.25, 0.3) is 0 Å². The van der Waals surface area contributed by atoms with Crippen LogP contribution in [0.4, 0.5) is 0 Å². The minimum atomic E-state index is -3.32. The molecule has 2 rings (SSSR count). The van der Waals surface area contributed by atoms with Gasteiger partial charge in [-0.1, -0.05) is 24.6 Å². The molecule has 1 aliphatic carbocycles. The van der Waals surface area contributed by atoms with Crippen molar-refractivity contribution in [1.82, 2.24) is 0 Å². The molecule has 0 aliphatic heterocycles. The molecule has 0 saturated heterocycles. The zero-order chi connectivity index (χ0) is 13.0. The van der Waals surface area contributed by atoms with Crippen LogP contribution in [-0.4, -0.2) is 21.3 Å². The fourth-order valence-electron chi connectivity index (χ4n) is 2.57. The van der Waals surface area contributed by atoms with Gasteiger partial charge in [0.2, 0.25) is 0 Å². The van der Waals surface area contributed by atoms with Gasteiger partial charge in [0.05, 0.1) is 12.9 Å². The van der Waals surface area contributed by atoms with Crippen molar-refractivity contribution >= 4 is 10.1 Å². The number of hydrogen-bond donors (Lipinski definition) is 0. The summed E-state index contributed by atoms with van der Waals surface area (Å²) in [6.07, 6.45) is 7.82. The molecule has 3 nitrogen and oxygen atoms in total. The number of rotatable bonds is 4. The van der Waals surface area contributed by atoms with E-state index in [1.807, 2.05) is 0 Å². The molecular weight excluding hydrogens is 248 g/mol. The van der Waals surface area contributed by atoms with E-state index < -0.39 is 10.1 Å². The SMILES string of the molecule is CS(=O)(=O)OCCc1cccc2c1CCCCC2. The lowest BCUT2D eigenvalue weighted by Crippen LogP contribution is -2.08. The second-order valence-electron chi connectivity index (χ2n) is 4.89. The van der Waals surface area contributed by atoms with Crippen molar-refractivity contribution < 1.29 is 12.6 Å². The van der Waals surface area contributed by atoms with Gasteiger partial charge in [-0.3, -0.25) is 4.18 Å². The van der Waals surface area contributed by atoms with Gasteiger partial charge >= 0.3 is 0 Å². The number of benzene rings is 1. The third kappa shape index (κ3) is 3.82. The molecule has 0 bridgehead atoms. The Morgan fingerprint density at radius 1 is 1.17 bits per heavy atom. The van der Waals surface area contributed by atoms with Crippen molar-refractivity contribution in [1.29, 1.82) is 0 Å². The largest absolute Gasteiger partial charge is 0.270 e. The maximum absolute atomic E-state index is 10.9. The lowest BCUT2D eigenvalue weighted by atomic mass is 9.95. The summed E-state index contributed by atoms with van der Waals surface area (Å²) < 4.78 is 26.7. The van der Waals surface area contributed by atoms with Crippen LogP contribution in [0.2, 0.25) is 0 Å². The van der Waals surface area contributed by atoms with Crippen LogP contribution in [-0.2, 0) is 33.6 Å². The summed E-state index contributed by atoms with van der Waals surface area (Å²) in [5.41, 5.74) is 4.11. The van der Waals surface area contributed by atoms with Crippen LogP contribution in [0.5, 0.6) is 0 Å². The van der Waals surface area contributed by atoms with Crippen LogP contribution in [0.15, 0.2) is 18.2 Å². The van der Waals surface area contributed by atoms with Gasteiger partial charge in [0, 0.05) is 0 Å². The van der Waals surface area contributed by atoms with E-state index in [4.69, 9.17) is 4.18 Å². The standard InChI is InChI=1S/C14H20O3S/c1-18(15,16)17-11-10-13-8-5-7-12-6-3-2-4-9-14(12)13/h5,7-8H,2-4,6,9-11H2,1H3. The van der Waals surface area contributed by atoms with Gasteiger partial charge in [0.25, 0.3) is 10.1 Å². The Hall–Kier alpha value is -0.870. The minimum Gasteiger partial charge on any atom is -0.270 e. The molecule has 0 aromatic heterocycles. The Bertz CT molecular complexity index is 506. The normalized spacial score (nSPS) is 16.1. The highest BCUT2D eigenvalue weighted by Gasteiger charge is 2.12. The molecule has 0 amide bonds. The molecule has 0 unspecified atom stereocenters. The highest BCUT2D eigenvalue weighted by molar-refractivity contribution is 7.85. The maximum Gasteiger partial charge on any atom is 0.264 e. The molecule has 0 saturated carbocycles. The van der Waals surface area contributed by atoms with Crippen molar-refractivity contribution in [2.24, 2.45) is 0 Å². The van der Waals surface area contributed by atoms with Crippen molar-refractivity contribution in [2.75, 3.05) is 12.9 Å². The summed E-state index contributed by atoms with van der Waals surface area (Å²) in [4.78, 5) is 0. The summed E-state index contributed by atoms with van der Waals surface area (Å²) in [5, 5.41) is 0. The van der Waals surface area contributed by atoms with Gasteiger partial charge in [-0.05, 0) is 48.8 Å². The third-order valence-electron chi connectivity index (χ3n) is 3.41. The van der Waals surface area contributed by atoms with E-state index in [9.17, 15) is 8.42 Å². The molecule has 0 spiro atoms. The van der Waals surface area contributed by atoms with E-state index in [0.717, 1.165) is 19.1 Å². The Kier molecular flexibility index (Phi) is 4.40. The number of aryl methyl sites for hydroxylation is 1. The van der Waals surface area contributed by atoms with E-state index in [1.165, 1.54) is 36.0 Å². The number of fused-ring (bicyclic) bond motifs is 1. The van der Waals surface area contributed by atoms with Gasteiger partial charge in [0.15, 0.2) is 0 Å². The predicted molar refractivity (Wildman–Crippen MR) is 72.2 cm³/mol. The van der Waals surface area contributed by atoms with Gasteiger partial charge in [-0.2, -0.15) is 8.42 Å². The minimum absolute atomic E-state index is 0.245. The Morgan fingerprint density at radius 2 is 1.94 bits per heavy atom. The first-order valence-corrected chi connectivity index (χ1v) is 8.32. The average Bonchev–Trinajstić information content (AvgIpc) is 2.53. The summed E-state index contributed by atoms with van der Waals surface area (Å²) >= 11 is 0. The van der Waals surface area contributed by atoms with Gasteiger partial charge in [-0.25, -0.2) is 0 Å². The van der Waals surface area contributed by atoms with Crippen molar-refractivity contribution in [2.45, 2.75) is 38.5 Å². The molecule has 0 radical (unpaired) electrons. The predicted octanol–water partition coefficient (Wildman–Crippen LogP) is 2.47. The first kappa shape index (κ1) is 13.6. The molecule has 1 aromatic carbocycles. The highest BCUT2D eigenvalue weighted by atomic mass is 32.2. The number of hydrogen-bond acceptors (Lipinski definition) is 3. The first-order chi connectivity index (χ1) is 8.56. The summed E-state index contributed by atoms with van der Waals surface area (Å²) in [6.45, 7) is 0.245. The molecular formula is C14H20O3S. The fourth-order valence-corrected chi connectivity index (χ4v) is 2.96. The Labute approximate surface area is 109 Å². The van der Waals surface area contributed by atoms with E-state index in [0.29, 0.717) is 6.42 Å². The summed E-state index contributed by atoms with van der Waals surface area (Å²) in [5.74, 6) is 0. The van der Waals surface area contributed by atoms with E-state index in [-0.39, 0.29) is 6.61 Å². The van der Waals surface area contributed by atoms with E-state index in [1.54, 1.807) is 0 Å². The van der Waals surface area contributed by atoms with Gasteiger partial charge in [-0.15, -0.1) is 0 Å². The second kappa shape index (κ2) is 5.85. The van der Waals surface area contributed by atoms with Crippen LogP contribution >= 0.6 is 0 Å². The van der Waals surface area contributed by atoms with E-state index >= 15 is 0 Å². The van der Waals surface area contributed by atoms with E-state index in [2.05, 4.69) is 18.2 Å². The molecule has 18 heavy (non-hydrogen) atoms. The molecule has 100 valence electrons. The molecule has 0 atom stereocenters. The Balaban J connectivity index is 2.08. The molecule has 1 aromatic rings. The second-order valence-corrected chi connectivity index (χ2v) is 6.54. The van der Waals surface area contributed by atoms with Gasteiger partial charge < -0.3 is 0 Å². The molecule has 4 heteroatoms. The summed E-state index contributed by atoms with van der Waals surface area (Å²) in [7, 11) is -3.32. The van der Waals surface area contributed by atoms with Crippen LogP contribution in [0, 0.1) is 0 Å². The molecule has 0 N–H and O–H groups in total. The monoisotopic (exact) mass is 268 g/mol. The molecule has 0 fully saturated rings. The van der Waals surface area contributed by atoms with Crippen molar-refractivity contribution in [3.63, 3.8) is 0 Å². The Morgan fingerprint density at radius 3 is 2.72 bits per heavy atom. The van der Waals surface area contributed by atoms with Crippen molar-refractivity contribution in [3.8, 4) is 0 Å².